The van der Waals surface area contributed by atoms with Crippen LogP contribution in [0.15, 0.2) is 33.6 Å². The van der Waals surface area contributed by atoms with E-state index >= 15 is 0 Å². The Labute approximate surface area is 155 Å². The van der Waals surface area contributed by atoms with Gasteiger partial charge in [-0.15, -0.1) is 0 Å². The summed E-state index contributed by atoms with van der Waals surface area (Å²) in [7, 11) is 1.60. The second-order valence-corrected chi connectivity index (χ2v) is 6.11. The summed E-state index contributed by atoms with van der Waals surface area (Å²) in [4.78, 5) is 35.6. The molecule has 0 unspecified atom stereocenters. The summed E-state index contributed by atoms with van der Waals surface area (Å²) < 4.78 is 10.1. The summed E-state index contributed by atoms with van der Waals surface area (Å²) in [5.74, 6) is 0.629. The van der Waals surface area contributed by atoms with E-state index in [0.29, 0.717) is 41.5 Å². The molecule has 2 aromatic heterocycles. The second-order valence-electron chi connectivity index (χ2n) is 6.11. The largest absolute Gasteiger partial charge is 0.384 e. The first-order valence-electron chi connectivity index (χ1n) is 8.65. The van der Waals surface area contributed by atoms with Crippen LogP contribution in [0.2, 0.25) is 0 Å². The molecule has 1 amide bonds. The van der Waals surface area contributed by atoms with Gasteiger partial charge in [-0.1, -0.05) is 17.3 Å². The standard InChI is InChI=1S/C18H21N5O4/c1-11(18-22-15(23-27-18)9-10-26-2)19-16(24)8-7-14-17(25)21-13-6-4-3-5-12(13)20-14/h3-6,11H,7-10H2,1-2H3,(H,19,24)(H,21,25)/t11-/m0/s1. The van der Waals surface area contributed by atoms with Crippen molar-refractivity contribution in [1.29, 1.82) is 0 Å². The van der Waals surface area contributed by atoms with Crippen LogP contribution in [0.5, 0.6) is 0 Å². The number of aromatic nitrogens is 4. The molecule has 0 bridgehead atoms. The molecule has 2 N–H and O–H groups in total. The molecular weight excluding hydrogens is 350 g/mol. The SMILES string of the molecule is COCCc1noc([C@H](C)NC(=O)CCc2nc3ccccc3[nH]c2=O)n1. The number of hydrogen-bond donors (Lipinski definition) is 2. The van der Waals surface area contributed by atoms with Gasteiger partial charge in [0.05, 0.1) is 17.6 Å². The van der Waals surface area contributed by atoms with E-state index in [0.717, 1.165) is 0 Å². The Morgan fingerprint density at radius 3 is 2.93 bits per heavy atom. The minimum absolute atomic E-state index is 0.128. The monoisotopic (exact) mass is 371 g/mol. The zero-order valence-corrected chi connectivity index (χ0v) is 15.2. The number of aromatic amines is 1. The first-order valence-corrected chi connectivity index (χ1v) is 8.65. The van der Waals surface area contributed by atoms with Crippen LogP contribution >= 0.6 is 0 Å². The highest BCUT2D eigenvalue weighted by Crippen LogP contribution is 2.11. The number of rotatable bonds is 8. The first-order chi connectivity index (χ1) is 13.1. The average molecular weight is 371 g/mol. The highest BCUT2D eigenvalue weighted by molar-refractivity contribution is 5.77. The van der Waals surface area contributed by atoms with Gasteiger partial charge in [-0.25, -0.2) is 4.98 Å². The van der Waals surface area contributed by atoms with Gasteiger partial charge in [0.1, 0.15) is 11.7 Å². The number of amides is 1. The summed E-state index contributed by atoms with van der Waals surface area (Å²) in [5, 5.41) is 6.63. The molecule has 2 heterocycles. The van der Waals surface area contributed by atoms with Crippen molar-refractivity contribution < 1.29 is 14.1 Å². The van der Waals surface area contributed by atoms with E-state index in [9.17, 15) is 9.59 Å². The number of nitrogens with one attached hydrogen (secondary N) is 2. The van der Waals surface area contributed by atoms with Crippen molar-refractivity contribution in [3.05, 3.63) is 52.0 Å². The molecule has 0 saturated carbocycles. The molecule has 3 aromatic rings. The van der Waals surface area contributed by atoms with Crippen molar-refractivity contribution in [3.63, 3.8) is 0 Å². The number of para-hydroxylation sites is 2. The van der Waals surface area contributed by atoms with E-state index < -0.39 is 6.04 Å². The molecule has 0 spiro atoms. The van der Waals surface area contributed by atoms with Crippen molar-refractivity contribution >= 4 is 16.9 Å². The summed E-state index contributed by atoms with van der Waals surface area (Å²) in [6.45, 7) is 2.25. The highest BCUT2D eigenvalue weighted by atomic mass is 16.5. The fourth-order valence-electron chi connectivity index (χ4n) is 2.58. The minimum atomic E-state index is -0.427. The number of H-pyrrole nitrogens is 1. The number of nitrogens with zero attached hydrogens (tertiary/aromatic N) is 3. The van der Waals surface area contributed by atoms with Crippen LogP contribution in [0, 0.1) is 0 Å². The van der Waals surface area contributed by atoms with E-state index in [2.05, 4.69) is 25.4 Å². The Kier molecular flexibility index (Phi) is 5.92. The van der Waals surface area contributed by atoms with Crippen LogP contribution in [0.4, 0.5) is 0 Å². The summed E-state index contributed by atoms with van der Waals surface area (Å²) in [5.41, 5.74) is 1.41. The normalized spacial score (nSPS) is 12.2. The number of hydrogen-bond acceptors (Lipinski definition) is 7. The second kappa shape index (κ2) is 8.54. The van der Waals surface area contributed by atoms with Crippen LogP contribution in [0.1, 0.15) is 36.8 Å². The van der Waals surface area contributed by atoms with Crippen molar-refractivity contribution in [2.75, 3.05) is 13.7 Å². The maximum absolute atomic E-state index is 12.2. The number of carbonyl (C=O) groups is 1. The molecule has 1 atom stereocenters. The molecule has 142 valence electrons. The molecule has 3 rings (SSSR count). The minimum Gasteiger partial charge on any atom is -0.384 e. The number of aryl methyl sites for hydroxylation is 1. The molecule has 9 nitrogen and oxygen atoms in total. The number of carbonyl (C=O) groups excluding carboxylic acids is 1. The quantitative estimate of drug-likeness (QED) is 0.612. The molecule has 27 heavy (non-hydrogen) atoms. The first kappa shape index (κ1) is 18.7. The summed E-state index contributed by atoms with van der Waals surface area (Å²) >= 11 is 0. The molecule has 0 aliphatic rings. The smallest absolute Gasteiger partial charge is 0.270 e. The topological polar surface area (TPSA) is 123 Å². The van der Waals surface area contributed by atoms with E-state index in [4.69, 9.17) is 9.26 Å². The third-order valence-electron chi connectivity index (χ3n) is 4.02. The molecular formula is C18H21N5O4. The lowest BCUT2D eigenvalue weighted by atomic mass is 10.2. The Balaban J connectivity index is 1.57. The molecule has 0 fully saturated rings. The fourth-order valence-corrected chi connectivity index (χ4v) is 2.58. The Morgan fingerprint density at radius 2 is 2.11 bits per heavy atom. The van der Waals surface area contributed by atoms with Gasteiger partial charge in [0.15, 0.2) is 5.82 Å². The fraction of sp³-hybridized carbons (Fsp3) is 0.389. The molecule has 0 aliphatic heterocycles. The van der Waals surface area contributed by atoms with Crippen LogP contribution < -0.4 is 10.9 Å². The van der Waals surface area contributed by atoms with Crippen LogP contribution in [0.25, 0.3) is 11.0 Å². The third-order valence-corrected chi connectivity index (χ3v) is 4.02. The predicted octanol–water partition coefficient (Wildman–Crippen LogP) is 1.31. The van der Waals surface area contributed by atoms with Gasteiger partial charge >= 0.3 is 0 Å². The molecule has 9 heteroatoms. The number of benzene rings is 1. The van der Waals surface area contributed by atoms with Gasteiger partial charge in [-0.05, 0) is 19.1 Å². The number of fused-ring (bicyclic) bond motifs is 1. The van der Waals surface area contributed by atoms with E-state index in [-0.39, 0.29) is 24.3 Å². The van der Waals surface area contributed by atoms with Crippen LogP contribution in [-0.2, 0) is 22.4 Å². The third kappa shape index (κ3) is 4.76. The Bertz CT molecular complexity index is 981. The maximum Gasteiger partial charge on any atom is 0.270 e. The zero-order chi connectivity index (χ0) is 19.2. The number of ether oxygens (including phenoxy) is 1. The van der Waals surface area contributed by atoms with Crippen molar-refractivity contribution in [2.24, 2.45) is 0 Å². The van der Waals surface area contributed by atoms with Gasteiger partial charge in [0.2, 0.25) is 11.8 Å². The molecule has 0 aliphatic carbocycles. The van der Waals surface area contributed by atoms with Gasteiger partial charge in [-0.2, -0.15) is 4.98 Å². The number of methoxy groups -OCH3 is 1. The van der Waals surface area contributed by atoms with Crippen LogP contribution in [-0.4, -0.2) is 39.7 Å². The van der Waals surface area contributed by atoms with Gasteiger partial charge in [-0.3, -0.25) is 9.59 Å². The lowest BCUT2D eigenvalue weighted by Gasteiger charge is -2.09. The van der Waals surface area contributed by atoms with E-state index in [1.165, 1.54) is 0 Å². The van der Waals surface area contributed by atoms with Gasteiger partial charge < -0.3 is 19.6 Å². The van der Waals surface area contributed by atoms with Gasteiger partial charge in [0, 0.05) is 26.4 Å². The van der Waals surface area contributed by atoms with Crippen molar-refractivity contribution in [1.82, 2.24) is 25.4 Å². The Hall–Kier alpha value is -3.07. The van der Waals surface area contributed by atoms with E-state index in [1.807, 2.05) is 18.2 Å². The average Bonchev–Trinajstić information content (AvgIpc) is 3.14. The summed E-state index contributed by atoms with van der Waals surface area (Å²) in [6, 6.07) is 6.84. The van der Waals surface area contributed by atoms with Crippen molar-refractivity contribution in [2.45, 2.75) is 32.2 Å². The molecule has 0 saturated heterocycles. The highest BCUT2D eigenvalue weighted by Gasteiger charge is 2.17. The lowest BCUT2D eigenvalue weighted by molar-refractivity contribution is -0.121. The predicted molar refractivity (Wildman–Crippen MR) is 97.1 cm³/mol. The van der Waals surface area contributed by atoms with Crippen molar-refractivity contribution in [3.8, 4) is 0 Å². The molecule has 0 radical (unpaired) electrons. The summed E-state index contributed by atoms with van der Waals surface area (Å²) in [6.07, 6.45) is 0.905. The zero-order valence-electron chi connectivity index (χ0n) is 15.2. The molecule has 1 aromatic carbocycles. The van der Waals surface area contributed by atoms with Gasteiger partial charge in [0.25, 0.3) is 5.56 Å². The Morgan fingerprint density at radius 1 is 1.30 bits per heavy atom. The maximum atomic E-state index is 12.2. The van der Waals surface area contributed by atoms with E-state index in [1.54, 1.807) is 20.1 Å². The van der Waals surface area contributed by atoms with Crippen LogP contribution in [0.3, 0.4) is 0 Å². The lowest BCUT2D eigenvalue weighted by Crippen LogP contribution is -2.28.